The molecule has 3 N–H and O–H groups in total. The molecule has 0 saturated carbocycles. The predicted octanol–water partition coefficient (Wildman–Crippen LogP) is 1.83. The lowest BCUT2D eigenvalue weighted by Crippen LogP contribution is -2.48. The number of rotatable bonds is 0. The molecule has 2 aliphatic rings. The molecule has 1 spiro atoms. The van der Waals surface area contributed by atoms with E-state index in [0.717, 1.165) is 16.8 Å². The van der Waals surface area contributed by atoms with E-state index in [2.05, 4.69) is 42.8 Å². The largest absolute Gasteiger partial charge is 0.385 e. The van der Waals surface area contributed by atoms with Gasteiger partial charge in [0.25, 0.3) is 5.91 Å². The Kier molecular flexibility index (Phi) is 2.58. The average Bonchev–Trinajstić information content (AvgIpc) is 2.64. The fourth-order valence-corrected chi connectivity index (χ4v) is 2.89. The molecule has 0 bridgehead atoms. The number of anilines is 1. The Labute approximate surface area is 118 Å². The van der Waals surface area contributed by atoms with Crippen molar-refractivity contribution in [2.24, 2.45) is 0 Å². The molecule has 0 radical (unpaired) electrons. The molecule has 1 aromatic rings. The van der Waals surface area contributed by atoms with Crippen molar-refractivity contribution in [3.05, 3.63) is 29.3 Å². The van der Waals surface area contributed by atoms with Crippen molar-refractivity contribution in [2.75, 3.05) is 11.9 Å². The summed E-state index contributed by atoms with van der Waals surface area (Å²) in [5.41, 5.74) is 2.00. The van der Waals surface area contributed by atoms with Gasteiger partial charge < -0.3 is 10.6 Å². The number of amides is 3. The van der Waals surface area contributed by atoms with Crippen molar-refractivity contribution in [2.45, 2.75) is 38.1 Å². The van der Waals surface area contributed by atoms with Gasteiger partial charge in [0.15, 0.2) is 0 Å². The summed E-state index contributed by atoms with van der Waals surface area (Å²) in [6.45, 7) is 7.05. The van der Waals surface area contributed by atoms with E-state index in [0.29, 0.717) is 13.0 Å². The first-order valence-corrected chi connectivity index (χ1v) is 6.85. The van der Waals surface area contributed by atoms with Crippen LogP contribution in [-0.2, 0) is 15.7 Å². The Balaban J connectivity index is 2.17. The zero-order chi connectivity index (χ0) is 14.5. The van der Waals surface area contributed by atoms with E-state index in [1.165, 1.54) is 0 Å². The quantitative estimate of drug-likeness (QED) is 0.632. The minimum Gasteiger partial charge on any atom is -0.385 e. The maximum atomic E-state index is 12.3. The second-order valence-electron chi connectivity index (χ2n) is 6.50. The number of imide groups is 1. The molecule has 0 aliphatic carbocycles. The van der Waals surface area contributed by atoms with E-state index in [1.54, 1.807) is 0 Å². The van der Waals surface area contributed by atoms with Crippen molar-refractivity contribution < 1.29 is 9.59 Å². The minimum absolute atomic E-state index is 0.00719. The SMILES string of the molecule is CC(C)(C)c1ccc2c(c1)C1(CCN2)NC(=O)NC1=O. The van der Waals surface area contributed by atoms with E-state index in [9.17, 15) is 9.59 Å². The lowest BCUT2D eigenvalue weighted by Gasteiger charge is -2.35. The third-order valence-corrected chi connectivity index (χ3v) is 4.10. The first kappa shape index (κ1) is 13.0. The highest BCUT2D eigenvalue weighted by atomic mass is 16.2. The number of nitrogens with one attached hydrogen (secondary N) is 3. The van der Waals surface area contributed by atoms with E-state index in [4.69, 9.17) is 0 Å². The summed E-state index contributed by atoms with van der Waals surface area (Å²) in [6, 6.07) is 5.69. The number of urea groups is 1. The Morgan fingerprint density at radius 1 is 1.20 bits per heavy atom. The van der Waals surface area contributed by atoms with Crippen LogP contribution < -0.4 is 16.0 Å². The first-order valence-electron chi connectivity index (χ1n) is 6.85. The minimum atomic E-state index is -0.918. The zero-order valence-electron chi connectivity index (χ0n) is 12.0. The number of fused-ring (bicyclic) bond motifs is 2. The maximum absolute atomic E-state index is 12.3. The normalized spacial score (nSPS) is 24.9. The van der Waals surface area contributed by atoms with Gasteiger partial charge in [0.1, 0.15) is 5.54 Å². The topological polar surface area (TPSA) is 70.2 Å². The highest BCUT2D eigenvalue weighted by Gasteiger charge is 2.50. The van der Waals surface area contributed by atoms with Crippen LogP contribution in [0.1, 0.15) is 38.3 Å². The molecule has 3 amide bonds. The zero-order valence-corrected chi connectivity index (χ0v) is 12.0. The molecule has 3 rings (SSSR count). The maximum Gasteiger partial charge on any atom is 0.322 e. The fraction of sp³-hybridized carbons (Fsp3) is 0.467. The second kappa shape index (κ2) is 3.98. The smallest absolute Gasteiger partial charge is 0.322 e. The van der Waals surface area contributed by atoms with Crippen molar-refractivity contribution >= 4 is 17.6 Å². The van der Waals surface area contributed by atoms with Crippen molar-refractivity contribution in [3.63, 3.8) is 0 Å². The predicted molar refractivity (Wildman–Crippen MR) is 76.6 cm³/mol. The lowest BCUT2D eigenvalue weighted by atomic mass is 9.78. The standard InChI is InChI=1S/C15H19N3O2/c1-14(2,3)9-4-5-11-10(8-9)15(6-7-16-11)12(19)17-13(20)18-15/h4-5,8,16H,6-7H2,1-3H3,(H2,17,18,19,20). The number of carbonyl (C=O) groups excluding carboxylic acids is 2. The Bertz CT molecular complexity index is 604. The van der Waals surface area contributed by atoms with Gasteiger partial charge >= 0.3 is 6.03 Å². The van der Waals surface area contributed by atoms with Gasteiger partial charge in [0, 0.05) is 24.2 Å². The molecular weight excluding hydrogens is 254 g/mol. The van der Waals surface area contributed by atoms with Crippen LogP contribution in [0.15, 0.2) is 18.2 Å². The van der Waals surface area contributed by atoms with Crippen LogP contribution in [0.25, 0.3) is 0 Å². The molecule has 5 heteroatoms. The van der Waals surface area contributed by atoms with Crippen LogP contribution in [0.5, 0.6) is 0 Å². The summed E-state index contributed by atoms with van der Waals surface area (Å²) in [6.07, 6.45) is 0.561. The third-order valence-electron chi connectivity index (χ3n) is 4.10. The molecule has 5 nitrogen and oxygen atoms in total. The lowest BCUT2D eigenvalue weighted by molar-refractivity contribution is -0.124. The first-order chi connectivity index (χ1) is 9.33. The van der Waals surface area contributed by atoms with Gasteiger partial charge in [-0.1, -0.05) is 32.9 Å². The number of benzene rings is 1. The highest BCUT2D eigenvalue weighted by Crippen LogP contribution is 2.39. The van der Waals surface area contributed by atoms with E-state index in [1.807, 2.05) is 12.1 Å². The van der Waals surface area contributed by atoms with Crippen molar-refractivity contribution in [1.82, 2.24) is 10.6 Å². The van der Waals surface area contributed by atoms with Crippen molar-refractivity contribution in [1.29, 1.82) is 0 Å². The molecule has 2 aliphatic heterocycles. The number of hydrogen-bond donors (Lipinski definition) is 3. The Morgan fingerprint density at radius 2 is 1.95 bits per heavy atom. The van der Waals surface area contributed by atoms with Crippen LogP contribution in [0, 0.1) is 0 Å². The summed E-state index contributed by atoms with van der Waals surface area (Å²) in [5.74, 6) is -0.253. The summed E-state index contributed by atoms with van der Waals surface area (Å²) in [7, 11) is 0. The molecule has 0 aromatic heterocycles. The van der Waals surface area contributed by atoms with Gasteiger partial charge in [-0.25, -0.2) is 4.79 Å². The monoisotopic (exact) mass is 273 g/mol. The molecule has 2 heterocycles. The Morgan fingerprint density at radius 3 is 2.55 bits per heavy atom. The number of hydrogen-bond acceptors (Lipinski definition) is 3. The number of carbonyl (C=O) groups is 2. The van der Waals surface area contributed by atoms with Crippen LogP contribution in [-0.4, -0.2) is 18.5 Å². The molecule has 20 heavy (non-hydrogen) atoms. The molecule has 106 valence electrons. The van der Waals surface area contributed by atoms with Gasteiger partial charge in [-0.15, -0.1) is 0 Å². The fourth-order valence-electron chi connectivity index (χ4n) is 2.89. The van der Waals surface area contributed by atoms with Crippen LogP contribution in [0.4, 0.5) is 10.5 Å². The second-order valence-corrected chi connectivity index (χ2v) is 6.50. The summed E-state index contributed by atoms with van der Waals surface area (Å²) in [4.78, 5) is 23.8. The van der Waals surface area contributed by atoms with Crippen LogP contribution >= 0.6 is 0 Å². The van der Waals surface area contributed by atoms with Gasteiger partial charge in [-0.3, -0.25) is 10.1 Å². The molecular formula is C15H19N3O2. The summed E-state index contributed by atoms with van der Waals surface area (Å²) >= 11 is 0. The van der Waals surface area contributed by atoms with Crippen LogP contribution in [0.2, 0.25) is 0 Å². The molecule has 1 aromatic carbocycles. The van der Waals surface area contributed by atoms with Gasteiger partial charge in [-0.2, -0.15) is 0 Å². The highest BCUT2D eigenvalue weighted by molar-refractivity contribution is 6.08. The van der Waals surface area contributed by atoms with Crippen molar-refractivity contribution in [3.8, 4) is 0 Å². The van der Waals surface area contributed by atoms with Gasteiger partial charge in [-0.05, 0) is 17.0 Å². The van der Waals surface area contributed by atoms with Crippen LogP contribution in [0.3, 0.4) is 0 Å². The summed E-state index contributed by atoms with van der Waals surface area (Å²) < 4.78 is 0. The Hall–Kier alpha value is -2.04. The molecule has 1 unspecified atom stereocenters. The molecule has 1 saturated heterocycles. The summed E-state index contributed by atoms with van der Waals surface area (Å²) in [5, 5.41) is 8.47. The van der Waals surface area contributed by atoms with E-state index >= 15 is 0 Å². The van der Waals surface area contributed by atoms with E-state index < -0.39 is 11.6 Å². The van der Waals surface area contributed by atoms with Gasteiger partial charge in [0.2, 0.25) is 0 Å². The van der Waals surface area contributed by atoms with E-state index in [-0.39, 0.29) is 11.3 Å². The average molecular weight is 273 g/mol. The molecule has 1 atom stereocenters. The molecule has 1 fully saturated rings. The van der Waals surface area contributed by atoms with Gasteiger partial charge in [0.05, 0.1) is 0 Å². The third kappa shape index (κ3) is 1.77.